The van der Waals surface area contributed by atoms with Crippen LogP contribution >= 0.6 is 0 Å². The first-order valence-corrected chi connectivity index (χ1v) is 10.6. The van der Waals surface area contributed by atoms with E-state index in [9.17, 15) is 13.2 Å². The lowest BCUT2D eigenvalue weighted by atomic mass is 10.1. The van der Waals surface area contributed by atoms with E-state index >= 15 is 0 Å². The van der Waals surface area contributed by atoms with Gasteiger partial charge in [0, 0.05) is 32.6 Å². The Labute approximate surface area is 152 Å². The Hall–Kier alpha value is -1.40. The molecule has 140 valence electrons. The molecule has 2 rings (SSSR count). The molecular formula is C19H30N2O3S. The normalized spacial score (nSPS) is 16.7. The van der Waals surface area contributed by atoms with Crippen LogP contribution in [0.2, 0.25) is 0 Å². The van der Waals surface area contributed by atoms with E-state index < -0.39 is 10.0 Å². The Bertz CT molecular complexity index is 728. The number of benzene rings is 1. The summed E-state index contributed by atoms with van der Waals surface area (Å²) in [6.07, 6.45) is 3.12. The molecule has 6 heteroatoms. The van der Waals surface area contributed by atoms with Gasteiger partial charge in [-0.3, -0.25) is 4.79 Å². The van der Waals surface area contributed by atoms with Gasteiger partial charge in [-0.1, -0.05) is 19.4 Å². The van der Waals surface area contributed by atoms with Crippen molar-refractivity contribution in [2.75, 3.05) is 26.2 Å². The zero-order valence-corrected chi connectivity index (χ0v) is 16.7. The molecule has 25 heavy (non-hydrogen) atoms. The third-order valence-electron chi connectivity index (χ3n) is 4.96. The number of aryl methyl sites for hydroxylation is 3. The highest BCUT2D eigenvalue weighted by atomic mass is 32.2. The monoisotopic (exact) mass is 366 g/mol. The summed E-state index contributed by atoms with van der Waals surface area (Å²) < 4.78 is 27.7. The minimum atomic E-state index is -3.53. The topological polar surface area (TPSA) is 57.7 Å². The van der Waals surface area contributed by atoms with Crippen LogP contribution in [0.15, 0.2) is 17.0 Å². The predicted octanol–water partition coefficient (Wildman–Crippen LogP) is 3.03. The molecule has 0 bridgehead atoms. The molecule has 0 atom stereocenters. The molecule has 0 unspecified atom stereocenters. The van der Waals surface area contributed by atoms with Gasteiger partial charge in [0.15, 0.2) is 0 Å². The van der Waals surface area contributed by atoms with E-state index in [1.807, 2.05) is 31.7 Å². The first-order chi connectivity index (χ1) is 11.8. The number of hydrogen-bond acceptors (Lipinski definition) is 3. The molecule has 0 saturated carbocycles. The summed E-state index contributed by atoms with van der Waals surface area (Å²) in [7, 11) is -3.53. The van der Waals surface area contributed by atoms with E-state index in [-0.39, 0.29) is 5.91 Å². The fourth-order valence-corrected chi connectivity index (χ4v) is 4.98. The second kappa shape index (κ2) is 8.32. The fraction of sp³-hybridized carbons (Fsp3) is 0.632. The SMILES string of the molecule is CCCCC(=O)N1CCCN(S(=O)(=O)c2cc(C)c(C)cc2C)CC1. The van der Waals surface area contributed by atoms with E-state index in [2.05, 4.69) is 6.92 Å². The maximum atomic E-state index is 13.1. The second-order valence-corrected chi connectivity index (χ2v) is 8.85. The third kappa shape index (κ3) is 4.61. The van der Waals surface area contributed by atoms with Gasteiger partial charge in [-0.25, -0.2) is 8.42 Å². The quantitative estimate of drug-likeness (QED) is 0.805. The Kier molecular flexibility index (Phi) is 6.63. The summed E-state index contributed by atoms with van der Waals surface area (Å²) in [5, 5.41) is 0. The fourth-order valence-electron chi connectivity index (χ4n) is 3.22. The summed E-state index contributed by atoms with van der Waals surface area (Å²) in [4.78, 5) is 14.4. The molecule has 1 heterocycles. The number of sulfonamides is 1. The summed E-state index contributed by atoms with van der Waals surface area (Å²) in [5.41, 5.74) is 2.86. The van der Waals surface area contributed by atoms with Crippen molar-refractivity contribution >= 4 is 15.9 Å². The summed E-state index contributed by atoms with van der Waals surface area (Å²) >= 11 is 0. The van der Waals surface area contributed by atoms with Gasteiger partial charge in [-0.05, 0) is 56.4 Å². The second-order valence-electron chi connectivity index (χ2n) is 6.94. The van der Waals surface area contributed by atoms with Crippen LogP contribution in [0.1, 0.15) is 49.3 Å². The lowest BCUT2D eigenvalue weighted by Crippen LogP contribution is -2.37. The summed E-state index contributed by atoms with van der Waals surface area (Å²) in [6, 6.07) is 3.70. The number of nitrogens with zero attached hydrogens (tertiary/aromatic N) is 2. The van der Waals surface area contributed by atoms with Crippen molar-refractivity contribution in [3.63, 3.8) is 0 Å². The van der Waals surface area contributed by atoms with E-state index in [0.717, 1.165) is 29.5 Å². The maximum Gasteiger partial charge on any atom is 0.243 e. The van der Waals surface area contributed by atoms with Gasteiger partial charge in [0.25, 0.3) is 0 Å². The number of amides is 1. The highest BCUT2D eigenvalue weighted by Gasteiger charge is 2.29. The minimum absolute atomic E-state index is 0.142. The molecule has 0 aromatic heterocycles. The Morgan fingerprint density at radius 1 is 1.00 bits per heavy atom. The summed E-state index contributed by atoms with van der Waals surface area (Å²) in [6.45, 7) is 9.79. The van der Waals surface area contributed by atoms with Gasteiger partial charge in [-0.15, -0.1) is 0 Å². The zero-order chi connectivity index (χ0) is 18.6. The molecule has 0 N–H and O–H groups in total. The molecule has 1 fully saturated rings. The highest BCUT2D eigenvalue weighted by Crippen LogP contribution is 2.24. The average molecular weight is 367 g/mol. The first-order valence-electron chi connectivity index (χ1n) is 9.13. The number of rotatable bonds is 5. The molecule has 1 amide bonds. The number of hydrogen-bond donors (Lipinski definition) is 0. The van der Waals surface area contributed by atoms with Crippen LogP contribution < -0.4 is 0 Å². The van der Waals surface area contributed by atoms with Crippen molar-refractivity contribution in [1.29, 1.82) is 0 Å². The van der Waals surface area contributed by atoms with Crippen LogP contribution in [-0.4, -0.2) is 49.7 Å². The Balaban J connectivity index is 2.16. The maximum absolute atomic E-state index is 13.1. The average Bonchev–Trinajstić information content (AvgIpc) is 2.82. The number of unbranched alkanes of at least 4 members (excludes halogenated alkanes) is 1. The molecule has 0 aliphatic carbocycles. The smallest absolute Gasteiger partial charge is 0.243 e. The Morgan fingerprint density at radius 3 is 2.36 bits per heavy atom. The molecule has 1 aliphatic rings. The van der Waals surface area contributed by atoms with Gasteiger partial charge in [0.1, 0.15) is 0 Å². The van der Waals surface area contributed by atoms with E-state index in [0.29, 0.717) is 43.9 Å². The van der Waals surface area contributed by atoms with Crippen molar-refractivity contribution < 1.29 is 13.2 Å². The minimum Gasteiger partial charge on any atom is -0.341 e. The van der Waals surface area contributed by atoms with Crippen LogP contribution in [0.3, 0.4) is 0 Å². The standard InChI is InChI=1S/C19H30N2O3S/c1-5-6-8-19(22)20-9-7-10-21(12-11-20)25(23,24)18-14-16(3)15(2)13-17(18)4/h13-14H,5-12H2,1-4H3. The molecule has 5 nitrogen and oxygen atoms in total. The van der Waals surface area contributed by atoms with Gasteiger partial charge in [-0.2, -0.15) is 4.31 Å². The van der Waals surface area contributed by atoms with Crippen LogP contribution in [-0.2, 0) is 14.8 Å². The van der Waals surface area contributed by atoms with Crippen molar-refractivity contribution in [2.45, 2.75) is 58.3 Å². The lowest BCUT2D eigenvalue weighted by Gasteiger charge is -2.23. The van der Waals surface area contributed by atoms with E-state index in [1.165, 1.54) is 4.31 Å². The van der Waals surface area contributed by atoms with Crippen molar-refractivity contribution in [3.05, 3.63) is 28.8 Å². The molecule has 1 aromatic carbocycles. The number of carbonyl (C=O) groups is 1. The van der Waals surface area contributed by atoms with Gasteiger partial charge in [0.2, 0.25) is 15.9 Å². The third-order valence-corrected chi connectivity index (χ3v) is 7.00. The van der Waals surface area contributed by atoms with Crippen LogP contribution in [0.25, 0.3) is 0 Å². The van der Waals surface area contributed by atoms with Crippen molar-refractivity contribution in [2.24, 2.45) is 0 Å². The van der Waals surface area contributed by atoms with E-state index in [4.69, 9.17) is 0 Å². The largest absolute Gasteiger partial charge is 0.341 e. The van der Waals surface area contributed by atoms with Crippen molar-refractivity contribution in [3.8, 4) is 0 Å². The van der Waals surface area contributed by atoms with E-state index in [1.54, 1.807) is 6.07 Å². The lowest BCUT2D eigenvalue weighted by molar-refractivity contribution is -0.131. The van der Waals surface area contributed by atoms with Crippen LogP contribution in [0.4, 0.5) is 0 Å². The number of carbonyl (C=O) groups excluding carboxylic acids is 1. The predicted molar refractivity (Wildman–Crippen MR) is 100 cm³/mol. The van der Waals surface area contributed by atoms with Gasteiger partial charge < -0.3 is 4.90 Å². The first kappa shape index (κ1) is 19.9. The van der Waals surface area contributed by atoms with Crippen molar-refractivity contribution in [1.82, 2.24) is 9.21 Å². The summed E-state index contributed by atoms with van der Waals surface area (Å²) in [5.74, 6) is 0.142. The molecule has 1 aromatic rings. The Morgan fingerprint density at radius 2 is 1.68 bits per heavy atom. The molecular weight excluding hydrogens is 336 g/mol. The molecule has 0 spiro atoms. The van der Waals surface area contributed by atoms with Crippen LogP contribution in [0.5, 0.6) is 0 Å². The molecule has 1 aliphatic heterocycles. The molecule has 1 saturated heterocycles. The molecule has 0 radical (unpaired) electrons. The zero-order valence-electron chi connectivity index (χ0n) is 15.8. The van der Waals surface area contributed by atoms with Crippen LogP contribution in [0, 0.1) is 20.8 Å². The van der Waals surface area contributed by atoms with Gasteiger partial charge >= 0.3 is 0 Å². The van der Waals surface area contributed by atoms with Gasteiger partial charge in [0.05, 0.1) is 4.90 Å². The highest BCUT2D eigenvalue weighted by molar-refractivity contribution is 7.89.